The molecule has 0 aromatic rings. The maximum atomic E-state index is 11.3. The molecule has 0 amide bonds. The van der Waals surface area contributed by atoms with Crippen LogP contribution in [0.25, 0.3) is 0 Å². The fourth-order valence-corrected chi connectivity index (χ4v) is 0.930. The molecule has 0 aromatic heterocycles. The summed E-state index contributed by atoms with van der Waals surface area (Å²) in [7, 11) is 0. The highest BCUT2D eigenvalue weighted by Gasteiger charge is 2.07. The van der Waals surface area contributed by atoms with Crippen molar-refractivity contribution in [2.75, 3.05) is 13.2 Å². The van der Waals surface area contributed by atoms with Crippen molar-refractivity contribution >= 4 is 11.9 Å². The summed E-state index contributed by atoms with van der Waals surface area (Å²) in [5.41, 5.74) is 0.455. The van der Waals surface area contributed by atoms with Gasteiger partial charge in [-0.25, -0.2) is 9.59 Å². The molecule has 16 heavy (non-hydrogen) atoms. The Bertz CT molecular complexity index is 268. The Kier molecular flexibility index (Phi) is 7.85. The van der Waals surface area contributed by atoms with Crippen LogP contribution < -0.4 is 0 Å². The number of unbranched alkanes of at least 4 members (excludes halogenated alkanes) is 1. The number of ether oxygens (including phenoxy) is 2. The van der Waals surface area contributed by atoms with Crippen molar-refractivity contribution in [3.8, 4) is 0 Å². The van der Waals surface area contributed by atoms with Gasteiger partial charge in [-0.1, -0.05) is 26.5 Å². The van der Waals surface area contributed by atoms with E-state index in [-0.39, 0.29) is 13.2 Å². The summed E-state index contributed by atoms with van der Waals surface area (Å²) in [6, 6.07) is 0. The molecule has 0 aliphatic carbocycles. The number of carbonyl (C=O) groups excluding carboxylic acids is 2. The molecule has 4 nitrogen and oxygen atoms in total. The first-order chi connectivity index (χ1) is 7.61. The minimum Gasteiger partial charge on any atom is -0.459 e. The zero-order valence-corrected chi connectivity index (χ0v) is 9.66. The van der Waals surface area contributed by atoms with Crippen molar-refractivity contribution < 1.29 is 19.1 Å². The molecule has 0 aliphatic heterocycles. The number of esters is 2. The molecule has 0 aliphatic rings. The van der Waals surface area contributed by atoms with Crippen molar-refractivity contribution in [3.05, 3.63) is 24.8 Å². The molecule has 0 aromatic carbocycles. The Morgan fingerprint density at radius 2 is 1.88 bits per heavy atom. The third kappa shape index (κ3) is 6.81. The summed E-state index contributed by atoms with van der Waals surface area (Å²) in [5, 5.41) is 0. The molecule has 4 heteroatoms. The van der Waals surface area contributed by atoms with Crippen molar-refractivity contribution in [3.63, 3.8) is 0 Å². The lowest BCUT2D eigenvalue weighted by Crippen LogP contribution is -2.13. The van der Waals surface area contributed by atoms with E-state index in [1.54, 1.807) is 0 Å². The van der Waals surface area contributed by atoms with Gasteiger partial charge < -0.3 is 9.47 Å². The molecular weight excluding hydrogens is 208 g/mol. The lowest BCUT2D eigenvalue weighted by Gasteiger charge is -2.06. The second-order valence-corrected chi connectivity index (χ2v) is 3.21. The summed E-state index contributed by atoms with van der Waals surface area (Å²) >= 11 is 0. The predicted molar refractivity (Wildman–Crippen MR) is 60.8 cm³/mol. The molecule has 0 radical (unpaired) electrons. The van der Waals surface area contributed by atoms with E-state index in [1.807, 2.05) is 6.92 Å². The van der Waals surface area contributed by atoms with Crippen LogP contribution in [0.4, 0.5) is 0 Å². The van der Waals surface area contributed by atoms with Gasteiger partial charge >= 0.3 is 11.9 Å². The average Bonchev–Trinajstić information content (AvgIpc) is 2.30. The summed E-state index contributed by atoms with van der Waals surface area (Å²) in [6.45, 7) is 8.98. The lowest BCUT2D eigenvalue weighted by molar-refractivity contribution is -0.146. The number of carbonyl (C=O) groups is 2. The standard InChI is InChI=1S/C12H18O4/c1-4-6-7-10(3)12(14)16-9-8-15-11(13)5-2/h5H,2-4,6-9H2,1H3. The highest BCUT2D eigenvalue weighted by atomic mass is 16.6. The molecule has 0 saturated heterocycles. The minimum atomic E-state index is -0.527. The van der Waals surface area contributed by atoms with Crippen LogP contribution >= 0.6 is 0 Å². The normalized spacial score (nSPS) is 9.31. The van der Waals surface area contributed by atoms with Gasteiger partial charge in [-0.2, -0.15) is 0 Å². The molecular formula is C12H18O4. The summed E-state index contributed by atoms with van der Waals surface area (Å²) < 4.78 is 9.48. The Hall–Kier alpha value is -1.58. The van der Waals surface area contributed by atoms with Gasteiger partial charge in [-0.05, 0) is 12.8 Å². The smallest absolute Gasteiger partial charge is 0.333 e. The quantitative estimate of drug-likeness (QED) is 0.361. The van der Waals surface area contributed by atoms with E-state index in [0.717, 1.165) is 18.9 Å². The molecule has 0 saturated carbocycles. The van der Waals surface area contributed by atoms with Crippen LogP contribution in [0.3, 0.4) is 0 Å². The van der Waals surface area contributed by atoms with E-state index >= 15 is 0 Å². The van der Waals surface area contributed by atoms with Crippen LogP contribution in [0.1, 0.15) is 26.2 Å². The molecule has 90 valence electrons. The molecule has 0 heterocycles. The average molecular weight is 226 g/mol. The molecule has 0 N–H and O–H groups in total. The number of rotatable bonds is 8. The summed E-state index contributed by atoms with van der Waals surface area (Å²) in [4.78, 5) is 21.9. The molecule has 0 fully saturated rings. The highest BCUT2D eigenvalue weighted by molar-refractivity contribution is 5.87. The fraction of sp³-hybridized carbons (Fsp3) is 0.500. The van der Waals surface area contributed by atoms with Crippen LogP contribution in [0, 0.1) is 0 Å². The Labute approximate surface area is 95.9 Å². The van der Waals surface area contributed by atoms with Gasteiger partial charge in [-0.15, -0.1) is 0 Å². The number of hydrogen-bond donors (Lipinski definition) is 0. The lowest BCUT2D eigenvalue weighted by atomic mass is 10.1. The van der Waals surface area contributed by atoms with Crippen molar-refractivity contribution in [2.24, 2.45) is 0 Å². The van der Waals surface area contributed by atoms with E-state index < -0.39 is 11.9 Å². The highest BCUT2D eigenvalue weighted by Crippen LogP contribution is 2.06. The monoisotopic (exact) mass is 226 g/mol. The first-order valence-electron chi connectivity index (χ1n) is 5.25. The van der Waals surface area contributed by atoms with Crippen molar-refractivity contribution in [1.82, 2.24) is 0 Å². The van der Waals surface area contributed by atoms with Crippen LogP contribution in [0.15, 0.2) is 24.8 Å². The van der Waals surface area contributed by atoms with E-state index in [4.69, 9.17) is 4.74 Å². The fourth-order valence-electron chi connectivity index (χ4n) is 0.930. The van der Waals surface area contributed by atoms with Crippen LogP contribution in [-0.2, 0) is 19.1 Å². The maximum absolute atomic E-state index is 11.3. The van der Waals surface area contributed by atoms with Crippen molar-refractivity contribution in [1.29, 1.82) is 0 Å². The van der Waals surface area contributed by atoms with Crippen molar-refractivity contribution in [2.45, 2.75) is 26.2 Å². The second kappa shape index (κ2) is 8.71. The Morgan fingerprint density at radius 3 is 2.44 bits per heavy atom. The Morgan fingerprint density at radius 1 is 1.25 bits per heavy atom. The van der Waals surface area contributed by atoms with Gasteiger partial charge in [0.2, 0.25) is 0 Å². The Balaban J connectivity index is 3.61. The zero-order valence-electron chi connectivity index (χ0n) is 9.66. The molecule has 0 rings (SSSR count). The van der Waals surface area contributed by atoms with E-state index in [9.17, 15) is 9.59 Å². The molecule has 0 bridgehead atoms. The maximum Gasteiger partial charge on any atom is 0.333 e. The molecule has 0 atom stereocenters. The van der Waals surface area contributed by atoms with E-state index in [2.05, 4.69) is 17.9 Å². The van der Waals surface area contributed by atoms with Gasteiger partial charge in [-0.3, -0.25) is 0 Å². The summed E-state index contributed by atoms with van der Waals surface area (Å²) in [6.07, 6.45) is 3.62. The zero-order chi connectivity index (χ0) is 12.4. The third-order valence-corrected chi connectivity index (χ3v) is 1.85. The third-order valence-electron chi connectivity index (χ3n) is 1.85. The predicted octanol–water partition coefficient (Wildman–Crippen LogP) is 2.01. The molecule has 0 unspecified atom stereocenters. The van der Waals surface area contributed by atoms with Gasteiger partial charge in [0.15, 0.2) is 0 Å². The number of hydrogen-bond acceptors (Lipinski definition) is 4. The van der Waals surface area contributed by atoms with Crippen LogP contribution in [-0.4, -0.2) is 25.2 Å². The van der Waals surface area contributed by atoms with Gasteiger partial charge in [0.1, 0.15) is 13.2 Å². The topological polar surface area (TPSA) is 52.6 Å². The van der Waals surface area contributed by atoms with E-state index in [0.29, 0.717) is 12.0 Å². The SMILES string of the molecule is C=CC(=O)OCCOC(=O)C(=C)CCCC. The first kappa shape index (κ1) is 14.4. The van der Waals surface area contributed by atoms with Crippen LogP contribution in [0.5, 0.6) is 0 Å². The van der Waals surface area contributed by atoms with Gasteiger partial charge in [0.05, 0.1) is 0 Å². The molecule has 0 spiro atoms. The van der Waals surface area contributed by atoms with Crippen LogP contribution in [0.2, 0.25) is 0 Å². The van der Waals surface area contributed by atoms with E-state index in [1.165, 1.54) is 0 Å². The second-order valence-electron chi connectivity index (χ2n) is 3.21. The largest absolute Gasteiger partial charge is 0.459 e. The minimum absolute atomic E-state index is 0.0393. The van der Waals surface area contributed by atoms with Gasteiger partial charge in [0, 0.05) is 11.6 Å². The summed E-state index contributed by atoms with van der Waals surface area (Å²) in [5.74, 6) is -0.955. The van der Waals surface area contributed by atoms with Gasteiger partial charge in [0.25, 0.3) is 0 Å². The first-order valence-corrected chi connectivity index (χ1v) is 5.25.